The number of sulfonamides is 1. The second-order valence-corrected chi connectivity index (χ2v) is 7.75. The number of carboxylic acid groups (broad SMARTS) is 1. The van der Waals surface area contributed by atoms with Gasteiger partial charge < -0.3 is 5.11 Å². The lowest BCUT2D eigenvalue weighted by Gasteiger charge is -2.11. The van der Waals surface area contributed by atoms with Gasteiger partial charge in [-0.15, -0.1) is 0 Å². The van der Waals surface area contributed by atoms with Crippen molar-refractivity contribution in [2.24, 2.45) is 0 Å². The molecule has 0 amide bonds. The second kappa shape index (κ2) is 7.38. The molecule has 138 valence electrons. The topological polar surface area (TPSA) is 83.5 Å². The number of benzene rings is 3. The van der Waals surface area contributed by atoms with Crippen LogP contribution < -0.4 is 4.72 Å². The Morgan fingerprint density at radius 3 is 2.04 bits per heavy atom. The Morgan fingerprint density at radius 1 is 0.926 bits per heavy atom. The molecule has 3 rings (SSSR count). The van der Waals surface area contributed by atoms with Gasteiger partial charge in [0.05, 0.1) is 16.1 Å². The Hall–Kier alpha value is -2.90. The fourth-order valence-electron chi connectivity index (χ4n) is 2.45. The van der Waals surface area contributed by atoms with E-state index in [9.17, 15) is 22.7 Å². The molecule has 0 aliphatic heterocycles. The van der Waals surface area contributed by atoms with E-state index in [0.717, 1.165) is 5.56 Å². The Labute approximate surface area is 160 Å². The number of nitrogens with one attached hydrogen (secondary N) is 1. The lowest BCUT2D eigenvalue weighted by Crippen LogP contribution is -2.15. The molecule has 27 heavy (non-hydrogen) atoms. The Morgan fingerprint density at radius 2 is 1.48 bits per heavy atom. The van der Waals surface area contributed by atoms with Crippen molar-refractivity contribution in [1.29, 1.82) is 0 Å². The van der Waals surface area contributed by atoms with Crippen LogP contribution in [0.5, 0.6) is 0 Å². The molecule has 0 fully saturated rings. The summed E-state index contributed by atoms with van der Waals surface area (Å²) in [6.45, 7) is 0. The fraction of sp³-hybridized carbons (Fsp3) is 0. The molecule has 0 unspecified atom stereocenters. The van der Waals surface area contributed by atoms with E-state index in [-0.39, 0.29) is 27.0 Å². The number of halogens is 2. The van der Waals surface area contributed by atoms with E-state index >= 15 is 0 Å². The third kappa shape index (κ3) is 4.27. The van der Waals surface area contributed by atoms with Crippen molar-refractivity contribution in [2.75, 3.05) is 4.72 Å². The van der Waals surface area contributed by atoms with Crippen LogP contribution in [0.2, 0.25) is 5.02 Å². The molecule has 0 saturated carbocycles. The minimum Gasteiger partial charge on any atom is -0.478 e. The number of carbonyl (C=O) groups is 1. The molecular weight excluding hydrogens is 393 g/mol. The van der Waals surface area contributed by atoms with Gasteiger partial charge in [0.1, 0.15) is 5.82 Å². The van der Waals surface area contributed by atoms with Gasteiger partial charge in [-0.05, 0) is 53.6 Å². The molecule has 0 bridgehead atoms. The average Bonchev–Trinajstić information content (AvgIpc) is 2.63. The number of anilines is 1. The fourth-order valence-corrected chi connectivity index (χ4v) is 3.71. The monoisotopic (exact) mass is 405 g/mol. The van der Waals surface area contributed by atoms with Gasteiger partial charge in [-0.3, -0.25) is 4.72 Å². The summed E-state index contributed by atoms with van der Waals surface area (Å²) in [7, 11) is -4.00. The van der Waals surface area contributed by atoms with Gasteiger partial charge in [0, 0.05) is 5.02 Å². The SMILES string of the molecule is O=C(O)c1cc(Cl)ccc1NS(=O)(=O)c1ccc(-c2ccc(F)cc2)cc1. The molecule has 3 aromatic carbocycles. The molecule has 0 aromatic heterocycles. The minimum absolute atomic E-state index is 0.0420. The molecular formula is C19H13ClFNO4S. The van der Waals surface area contributed by atoms with Gasteiger partial charge in [0.25, 0.3) is 10.0 Å². The van der Waals surface area contributed by atoms with Gasteiger partial charge in [-0.2, -0.15) is 0 Å². The van der Waals surface area contributed by atoms with E-state index in [0.29, 0.717) is 5.56 Å². The first kappa shape index (κ1) is 18.9. The van der Waals surface area contributed by atoms with Gasteiger partial charge in [0.2, 0.25) is 0 Å². The summed E-state index contributed by atoms with van der Waals surface area (Å²) >= 11 is 5.77. The van der Waals surface area contributed by atoms with Crippen molar-refractivity contribution < 1.29 is 22.7 Å². The van der Waals surface area contributed by atoms with Crippen LogP contribution in [-0.2, 0) is 10.0 Å². The first-order valence-electron chi connectivity index (χ1n) is 7.68. The van der Waals surface area contributed by atoms with Crippen LogP contribution in [0.4, 0.5) is 10.1 Å². The van der Waals surface area contributed by atoms with Crippen LogP contribution in [0.3, 0.4) is 0 Å². The highest BCUT2D eigenvalue weighted by atomic mass is 35.5. The Bertz CT molecular complexity index is 1100. The number of rotatable bonds is 5. The highest BCUT2D eigenvalue weighted by Gasteiger charge is 2.19. The van der Waals surface area contributed by atoms with Crippen molar-refractivity contribution in [3.63, 3.8) is 0 Å². The summed E-state index contributed by atoms with van der Waals surface area (Å²) in [5.41, 5.74) is 1.11. The highest BCUT2D eigenvalue weighted by molar-refractivity contribution is 7.92. The van der Waals surface area contributed by atoms with Crippen molar-refractivity contribution in [3.05, 3.63) is 83.1 Å². The third-order valence-corrected chi connectivity index (χ3v) is 5.42. The van der Waals surface area contributed by atoms with E-state index in [1.807, 2.05) is 0 Å². The van der Waals surface area contributed by atoms with Crippen LogP contribution in [-0.4, -0.2) is 19.5 Å². The molecule has 0 aliphatic rings. The molecule has 0 spiro atoms. The zero-order valence-corrected chi connectivity index (χ0v) is 15.3. The zero-order chi connectivity index (χ0) is 19.6. The largest absolute Gasteiger partial charge is 0.478 e. The standard InChI is InChI=1S/C19H13ClFNO4S/c20-14-5-10-18(17(11-14)19(23)24)22-27(25,26)16-8-3-13(4-9-16)12-1-6-15(21)7-2-12/h1-11,22H,(H,23,24). The molecule has 8 heteroatoms. The Balaban J connectivity index is 1.90. The summed E-state index contributed by atoms with van der Waals surface area (Å²) in [5.74, 6) is -1.67. The van der Waals surface area contributed by atoms with E-state index in [2.05, 4.69) is 4.72 Å². The summed E-state index contributed by atoms with van der Waals surface area (Å²) in [5, 5.41) is 9.40. The summed E-state index contributed by atoms with van der Waals surface area (Å²) in [6.07, 6.45) is 0. The van der Waals surface area contributed by atoms with Crippen molar-refractivity contribution in [2.45, 2.75) is 4.90 Å². The lowest BCUT2D eigenvalue weighted by atomic mass is 10.1. The maximum Gasteiger partial charge on any atom is 0.337 e. The van der Waals surface area contributed by atoms with Crippen LogP contribution in [0.1, 0.15) is 10.4 Å². The molecule has 0 atom stereocenters. The second-order valence-electron chi connectivity index (χ2n) is 5.63. The number of hydrogen-bond donors (Lipinski definition) is 2. The van der Waals surface area contributed by atoms with E-state index in [1.54, 1.807) is 24.3 Å². The predicted octanol–water partition coefficient (Wildman–Crippen LogP) is 4.65. The van der Waals surface area contributed by atoms with Crippen molar-refractivity contribution in [3.8, 4) is 11.1 Å². The molecule has 0 radical (unpaired) electrons. The third-order valence-electron chi connectivity index (χ3n) is 3.80. The first-order valence-corrected chi connectivity index (χ1v) is 9.54. The average molecular weight is 406 g/mol. The first-order chi connectivity index (χ1) is 12.8. The number of hydrogen-bond acceptors (Lipinski definition) is 3. The molecule has 3 aromatic rings. The quantitative estimate of drug-likeness (QED) is 0.647. The number of aromatic carboxylic acids is 1. The van der Waals surface area contributed by atoms with Crippen molar-refractivity contribution >= 4 is 33.3 Å². The minimum atomic E-state index is -4.00. The van der Waals surface area contributed by atoms with Crippen LogP contribution in [0.15, 0.2) is 71.6 Å². The molecule has 2 N–H and O–H groups in total. The smallest absolute Gasteiger partial charge is 0.337 e. The molecule has 0 saturated heterocycles. The van der Waals surface area contributed by atoms with Crippen LogP contribution in [0, 0.1) is 5.82 Å². The van der Waals surface area contributed by atoms with Crippen LogP contribution in [0.25, 0.3) is 11.1 Å². The Kier molecular flexibility index (Phi) is 5.16. The molecule has 0 heterocycles. The van der Waals surface area contributed by atoms with Gasteiger partial charge in [-0.25, -0.2) is 17.6 Å². The van der Waals surface area contributed by atoms with Crippen LogP contribution >= 0.6 is 11.6 Å². The van der Waals surface area contributed by atoms with Gasteiger partial charge >= 0.3 is 5.97 Å². The van der Waals surface area contributed by atoms with E-state index < -0.39 is 16.0 Å². The lowest BCUT2D eigenvalue weighted by molar-refractivity contribution is 0.0698. The summed E-state index contributed by atoms with van der Waals surface area (Å²) in [4.78, 5) is 11.3. The predicted molar refractivity (Wildman–Crippen MR) is 101 cm³/mol. The number of carboxylic acids is 1. The van der Waals surface area contributed by atoms with E-state index in [1.165, 1.54) is 42.5 Å². The van der Waals surface area contributed by atoms with Gasteiger partial charge in [0.15, 0.2) is 0 Å². The van der Waals surface area contributed by atoms with Gasteiger partial charge in [-0.1, -0.05) is 35.9 Å². The molecule has 5 nitrogen and oxygen atoms in total. The zero-order valence-electron chi connectivity index (χ0n) is 13.7. The van der Waals surface area contributed by atoms with E-state index in [4.69, 9.17) is 11.6 Å². The molecule has 0 aliphatic carbocycles. The van der Waals surface area contributed by atoms with Crippen molar-refractivity contribution in [1.82, 2.24) is 0 Å². The normalized spacial score (nSPS) is 11.2. The highest BCUT2D eigenvalue weighted by Crippen LogP contribution is 2.26. The summed E-state index contributed by atoms with van der Waals surface area (Å²) < 4.78 is 40.4. The maximum atomic E-state index is 13.0. The maximum absolute atomic E-state index is 13.0. The summed E-state index contributed by atoms with van der Waals surface area (Å²) in [6, 6.07) is 15.6.